The first-order chi connectivity index (χ1) is 19.4. The molecule has 0 bridgehead atoms. The van der Waals surface area contributed by atoms with Crippen molar-refractivity contribution in [3.8, 4) is 11.3 Å². The second kappa shape index (κ2) is 10.8. The first kappa shape index (κ1) is 26.1. The zero-order valence-corrected chi connectivity index (χ0v) is 21.6. The van der Waals surface area contributed by atoms with E-state index in [1.807, 2.05) is 0 Å². The van der Waals surface area contributed by atoms with Crippen LogP contribution in [-0.2, 0) is 11.3 Å². The summed E-state index contributed by atoms with van der Waals surface area (Å²) in [5.41, 5.74) is -0.380. The standard InChI is InChI=1S/C26H22ClF3N8O2/c27-17-2-1-16(24(29)30)22(23(17)28)18-10-31-11-19(36-18)25(39)35-15-9-34-37(13-15)12-14-7-32-26(33-8-14)38-5-3-21-20(38)4-6-40-21/h1-2,7-11,13,20-21,24H,3-6,12H2,(H,35,39). The number of anilines is 2. The molecule has 10 nitrogen and oxygen atoms in total. The van der Waals surface area contributed by atoms with Gasteiger partial charge in [-0.1, -0.05) is 17.7 Å². The van der Waals surface area contributed by atoms with Crippen LogP contribution >= 0.6 is 11.6 Å². The number of carbonyl (C=O) groups is 1. The van der Waals surface area contributed by atoms with Crippen molar-refractivity contribution in [2.45, 2.75) is 38.0 Å². The number of amides is 1. The molecule has 2 aliphatic heterocycles. The lowest BCUT2D eigenvalue weighted by Gasteiger charge is -2.22. The number of fused-ring (bicyclic) bond motifs is 1. The molecule has 2 atom stereocenters. The van der Waals surface area contributed by atoms with Crippen molar-refractivity contribution >= 4 is 29.1 Å². The zero-order valence-electron chi connectivity index (χ0n) is 20.8. The zero-order chi connectivity index (χ0) is 27.8. The monoisotopic (exact) mass is 570 g/mol. The molecule has 3 aromatic heterocycles. The Labute approximate surface area is 231 Å². The third-order valence-electron chi connectivity index (χ3n) is 6.90. The third kappa shape index (κ3) is 5.09. The SMILES string of the molecule is O=C(Nc1cnn(Cc2cnc(N3CCC4OCCC43)nc2)c1)c1cncc(-c2c(C(F)F)ccc(Cl)c2F)n1. The van der Waals surface area contributed by atoms with E-state index in [1.165, 1.54) is 6.20 Å². The summed E-state index contributed by atoms with van der Waals surface area (Å²) in [4.78, 5) is 32.0. The van der Waals surface area contributed by atoms with E-state index >= 15 is 0 Å². The van der Waals surface area contributed by atoms with Gasteiger partial charge in [0.05, 0.1) is 53.7 Å². The Kier molecular flexibility index (Phi) is 7.07. The Bertz CT molecular complexity index is 1550. The Morgan fingerprint density at radius 1 is 1.15 bits per heavy atom. The quantitative estimate of drug-likeness (QED) is 0.345. The molecule has 0 saturated carbocycles. The minimum absolute atomic E-state index is 0.203. The molecule has 14 heteroatoms. The van der Waals surface area contributed by atoms with E-state index in [4.69, 9.17) is 16.3 Å². The first-order valence-electron chi connectivity index (χ1n) is 12.5. The second-order valence-electron chi connectivity index (χ2n) is 9.44. The van der Waals surface area contributed by atoms with Crippen LogP contribution in [0.4, 0.5) is 24.8 Å². The molecule has 1 amide bonds. The summed E-state index contributed by atoms with van der Waals surface area (Å²) in [7, 11) is 0. The summed E-state index contributed by atoms with van der Waals surface area (Å²) in [6, 6.07) is 2.38. The number of nitrogens with one attached hydrogen (secondary N) is 1. The number of rotatable bonds is 7. The molecule has 2 unspecified atom stereocenters. The molecule has 0 radical (unpaired) electrons. The van der Waals surface area contributed by atoms with Crippen molar-refractivity contribution in [2.75, 3.05) is 23.4 Å². The number of nitrogens with zero attached hydrogens (tertiary/aromatic N) is 7. The molecule has 2 aliphatic rings. The number of hydrogen-bond donors (Lipinski definition) is 1. The van der Waals surface area contributed by atoms with Gasteiger partial charge in [-0.05, 0) is 18.9 Å². The van der Waals surface area contributed by atoms with E-state index in [2.05, 4.69) is 35.3 Å². The summed E-state index contributed by atoms with van der Waals surface area (Å²) in [6.07, 6.45) is 7.99. The molecule has 2 saturated heterocycles. The van der Waals surface area contributed by atoms with E-state index in [1.54, 1.807) is 23.3 Å². The van der Waals surface area contributed by atoms with Crippen LogP contribution in [-0.4, -0.2) is 60.9 Å². The van der Waals surface area contributed by atoms with Crippen LogP contribution in [0.1, 0.15) is 40.9 Å². The lowest BCUT2D eigenvalue weighted by Crippen LogP contribution is -2.33. The summed E-state index contributed by atoms with van der Waals surface area (Å²) >= 11 is 5.80. The molecule has 40 heavy (non-hydrogen) atoms. The van der Waals surface area contributed by atoms with Gasteiger partial charge in [-0.2, -0.15) is 5.10 Å². The molecule has 1 N–H and O–H groups in total. The van der Waals surface area contributed by atoms with Crippen LogP contribution in [0.25, 0.3) is 11.3 Å². The minimum atomic E-state index is -2.98. The maximum atomic E-state index is 14.7. The number of carbonyl (C=O) groups excluding carboxylic acids is 1. The van der Waals surface area contributed by atoms with Gasteiger partial charge in [0.15, 0.2) is 5.82 Å². The number of hydrogen-bond acceptors (Lipinski definition) is 8. The smallest absolute Gasteiger partial charge is 0.275 e. The molecule has 6 rings (SSSR count). The average molecular weight is 571 g/mol. The number of benzene rings is 1. The Morgan fingerprint density at radius 3 is 2.77 bits per heavy atom. The van der Waals surface area contributed by atoms with Gasteiger partial charge in [-0.3, -0.25) is 14.5 Å². The van der Waals surface area contributed by atoms with Gasteiger partial charge >= 0.3 is 0 Å². The largest absolute Gasteiger partial charge is 0.376 e. The fourth-order valence-electron chi connectivity index (χ4n) is 5.03. The van der Waals surface area contributed by atoms with Crippen LogP contribution in [0.15, 0.2) is 49.3 Å². The summed E-state index contributed by atoms with van der Waals surface area (Å²) < 4.78 is 49.0. The Balaban J connectivity index is 1.13. The van der Waals surface area contributed by atoms with Crippen molar-refractivity contribution in [1.82, 2.24) is 29.7 Å². The van der Waals surface area contributed by atoms with Crippen molar-refractivity contribution in [3.63, 3.8) is 0 Å². The highest BCUT2D eigenvalue weighted by molar-refractivity contribution is 6.31. The van der Waals surface area contributed by atoms with Crippen LogP contribution in [0.3, 0.4) is 0 Å². The normalized spacial score (nSPS) is 18.4. The van der Waals surface area contributed by atoms with E-state index in [0.29, 0.717) is 24.2 Å². The molecular weight excluding hydrogens is 549 g/mol. The van der Waals surface area contributed by atoms with Gasteiger partial charge in [0.1, 0.15) is 5.69 Å². The second-order valence-corrected chi connectivity index (χ2v) is 9.84. The van der Waals surface area contributed by atoms with Gasteiger partial charge in [-0.15, -0.1) is 0 Å². The van der Waals surface area contributed by atoms with Gasteiger partial charge in [0.2, 0.25) is 5.95 Å². The highest BCUT2D eigenvalue weighted by Crippen LogP contribution is 2.35. The summed E-state index contributed by atoms with van der Waals surface area (Å²) in [6.45, 7) is 2.00. The van der Waals surface area contributed by atoms with E-state index in [0.717, 1.165) is 56.1 Å². The highest BCUT2D eigenvalue weighted by Gasteiger charge is 2.39. The van der Waals surface area contributed by atoms with Crippen molar-refractivity contribution in [2.24, 2.45) is 0 Å². The third-order valence-corrected chi connectivity index (χ3v) is 7.19. The van der Waals surface area contributed by atoms with E-state index in [-0.39, 0.29) is 22.5 Å². The maximum absolute atomic E-state index is 14.7. The Morgan fingerprint density at radius 2 is 1.98 bits per heavy atom. The fourth-order valence-corrected chi connectivity index (χ4v) is 5.19. The molecule has 0 aliphatic carbocycles. The predicted octanol–water partition coefficient (Wildman–Crippen LogP) is 4.53. The number of halogens is 4. The van der Waals surface area contributed by atoms with E-state index in [9.17, 15) is 18.0 Å². The molecule has 5 heterocycles. The first-order valence-corrected chi connectivity index (χ1v) is 12.9. The Hall–Kier alpha value is -4.10. The molecule has 0 spiro atoms. The van der Waals surface area contributed by atoms with Gasteiger partial charge in [-0.25, -0.2) is 28.1 Å². The average Bonchev–Trinajstić information content (AvgIpc) is 3.69. The molecule has 1 aromatic carbocycles. The van der Waals surface area contributed by atoms with Crippen molar-refractivity contribution < 1.29 is 22.7 Å². The lowest BCUT2D eigenvalue weighted by molar-refractivity contribution is 0.102. The lowest BCUT2D eigenvalue weighted by atomic mass is 10.0. The molecular formula is C26H22ClF3N8O2. The minimum Gasteiger partial charge on any atom is -0.376 e. The van der Waals surface area contributed by atoms with Crippen LogP contribution < -0.4 is 10.2 Å². The number of alkyl halides is 2. The van der Waals surface area contributed by atoms with Crippen LogP contribution in [0, 0.1) is 5.82 Å². The van der Waals surface area contributed by atoms with Gasteiger partial charge < -0.3 is 15.0 Å². The van der Waals surface area contributed by atoms with Crippen molar-refractivity contribution in [1.29, 1.82) is 0 Å². The number of ether oxygens (including phenoxy) is 1. The highest BCUT2D eigenvalue weighted by atomic mass is 35.5. The summed E-state index contributed by atoms with van der Waals surface area (Å²) in [5, 5.41) is 6.54. The number of aromatic nitrogens is 6. The predicted molar refractivity (Wildman–Crippen MR) is 139 cm³/mol. The fraction of sp³-hybridized carbons (Fsp3) is 0.308. The van der Waals surface area contributed by atoms with Crippen LogP contribution in [0.2, 0.25) is 5.02 Å². The van der Waals surface area contributed by atoms with Crippen molar-refractivity contribution in [3.05, 3.63) is 77.0 Å². The van der Waals surface area contributed by atoms with Gasteiger partial charge in [0, 0.05) is 48.4 Å². The van der Waals surface area contributed by atoms with Gasteiger partial charge in [0.25, 0.3) is 12.3 Å². The molecule has 4 aromatic rings. The summed E-state index contributed by atoms with van der Waals surface area (Å²) in [5.74, 6) is -1.07. The molecule has 2 fully saturated rings. The van der Waals surface area contributed by atoms with Crippen LogP contribution in [0.5, 0.6) is 0 Å². The maximum Gasteiger partial charge on any atom is 0.275 e. The topological polar surface area (TPSA) is 111 Å². The van der Waals surface area contributed by atoms with E-state index < -0.39 is 29.3 Å². The molecule has 206 valence electrons.